The number of nitrogens with two attached hydrogens (primary N) is 1. The number of hydrogen-bond donors (Lipinski definition) is 1. The van der Waals surface area contributed by atoms with Crippen molar-refractivity contribution in [1.82, 2.24) is 4.90 Å². The highest BCUT2D eigenvalue weighted by molar-refractivity contribution is 6.31. The van der Waals surface area contributed by atoms with Crippen LogP contribution in [0.4, 0.5) is 0 Å². The topological polar surface area (TPSA) is 29.3 Å². The van der Waals surface area contributed by atoms with E-state index in [-0.39, 0.29) is 12.4 Å². The number of likely N-dealkylation sites (tertiary alicyclic amines) is 1. The highest BCUT2D eigenvalue weighted by atomic mass is 35.5. The molecule has 0 unspecified atom stereocenters. The Kier molecular flexibility index (Phi) is 4.87. The van der Waals surface area contributed by atoms with Gasteiger partial charge in [0, 0.05) is 30.7 Å². The lowest BCUT2D eigenvalue weighted by Gasteiger charge is -2.15. The summed E-state index contributed by atoms with van der Waals surface area (Å²) in [4.78, 5) is 2.35. The van der Waals surface area contributed by atoms with Crippen molar-refractivity contribution >= 4 is 24.0 Å². The zero-order valence-corrected chi connectivity index (χ0v) is 10.1. The van der Waals surface area contributed by atoms with Crippen LogP contribution < -0.4 is 5.73 Å². The molecule has 15 heavy (non-hydrogen) atoms. The van der Waals surface area contributed by atoms with E-state index in [1.807, 2.05) is 18.2 Å². The van der Waals surface area contributed by atoms with Gasteiger partial charge in [0.2, 0.25) is 0 Å². The van der Waals surface area contributed by atoms with Crippen LogP contribution in [0.5, 0.6) is 0 Å². The molecule has 1 saturated heterocycles. The summed E-state index contributed by atoms with van der Waals surface area (Å²) >= 11 is 6.08. The average Bonchev–Trinajstić information content (AvgIpc) is 2.56. The van der Waals surface area contributed by atoms with Crippen LogP contribution in [0.2, 0.25) is 5.02 Å². The summed E-state index contributed by atoms with van der Waals surface area (Å²) in [5.41, 5.74) is 7.04. The summed E-state index contributed by atoms with van der Waals surface area (Å²) in [6.45, 7) is 3.00. The van der Waals surface area contributed by atoms with Crippen LogP contribution in [-0.4, -0.2) is 24.0 Å². The van der Waals surface area contributed by atoms with Gasteiger partial charge in [0.1, 0.15) is 0 Å². The molecule has 0 amide bonds. The van der Waals surface area contributed by atoms with Crippen molar-refractivity contribution in [1.29, 1.82) is 0 Å². The number of halogens is 2. The van der Waals surface area contributed by atoms with Gasteiger partial charge in [-0.15, -0.1) is 12.4 Å². The standard InChI is InChI=1S/C11H15ClN2.ClH/c12-11-4-2-1-3-9(11)7-14-6-5-10(13)8-14;/h1-4,10H,5-8,13H2;1H/t10-;/m1./s1. The van der Waals surface area contributed by atoms with Crippen molar-refractivity contribution in [3.63, 3.8) is 0 Å². The Labute approximate surface area is 102 Å². The molecule has 1 aliphatic heterocycles. The van der Waals surface area contributed by atoms with E-state index in [0.717, 1.165) is 31.1 Å². The minimum Gasteiger partial charge on any atom is -0.326 e. The molecule has 2 N–H and O–H groups in total. The summed E-state index contributed by atoms with van der Waals surface area (Å²) in [6, 6.07) is 8.34. The quantitative estimate of drug-likeness (QED) is 0.868. The SMILES string of the molecule is Cl.N[C@@H]1CCN(Cc2ccccc2Cl)C1. The predicted octanol–water partition coefficient (Wildman–Crippen LogP) is 2.29. The van der Waals surface area contributed by atoms with Gasteiger partial charge in [0.25, 0.3) is 0 Å². The Bertz CT molecular complexity index is 317. The fraction of sp³-hybridized carbons (Fsp3) is 0.455. The number of rotatable bonds is 2. The van der Waals surface area contributed by atoms with Gasteiger partial charge in [-0.25, -0.2) is 0 Å². The van der Waals surface area contributed by atoms with E-state index in [2.05, 4.69) is 11.0 Å². The molecule has 1 aromatic rings. The monoisotopic (exact) mass is 246 g/mol. The summed E-state index contributed by atoms with van der Waals surface area (Å²) in [7, 11) is 0. The van der Waals surface area contributed by atoms with E-state index in [1.54, 1.807) is 0 Å². The van der Waals surface area contributed by atoms with Crippen LogP contribution in [0.3, 0.4) is 0 Å². The first-order chi connectivity index (χ1) is 6.75. The molecule has 0 saturated carbocycles. The zero-order chi connectivity index (χ0) is 9.97. The average molecular weight is 247 g/mol. The van der Waals surface area contributed by atoms with Crippen LogP contribution in [-0.2, 0) is 6.54 Å². The Morgan fingerprint density at radius 2 is 2.13 bits per heavy atom. The summed E-state index contributed by atoms with van der Waals surface area (Å²) in [6.07, 6.45) is 1.10. The van der Waals surface area contributed by atoms with Gasteiger partial charge in [-0.3, -0.25) is 4.90 Å². The van der Waals surface area contributed by atoms with Crippen LogP contribution in [0.15, 0.2) is 24.3 Å². The van der Waals surface area contributed by atoms with Crippen molar-refractivity contribution < 1.29 is 0 Å². The first kappa shape index (κ1) is 12.8. The first-order valence-corrected chi connectivity index (χ1v) is 5.35. The van der Waals surface area contributed by atoms with Gasteiger partial charge >= 0.3 is 0 Å². The summed E-state index contributed by atoms with van der Waals surface area (Å²) < 4.78 is 0. The zero-order valence-electron chi connectivity index (χ0n) is 8.53. The van der Waals surface area contributed by atoms with Gasteiger partial charge in [-0.05, 0) is 18.1 Å². The van der Waals surface area contributed by atoms with Gasteiger partial charge < -0.3 is 5.73 Å². The fourth-order valence-corrected chi connectivity index (χ4v) is 2.07. The second-order valence-electron chi connectivity index (χ2n) is 3.88. The maximum Gasteiger partial charge on any atom is 0.0451 e. The smallest absolute Gasteiger partial charge is 0.0451 e. The second kappa shape index (κ2) is 5.71. The molecule has 2 rings (SSSR count). The Balaban J connectivity index is 0.00000112. The van der Waals surface area contributed by atoms with E-state index < -0.39 is 0 Å². The van der Waals surface area contributed by atoms with Crippen molar-refractivity contribution in [3.8, 4) is 0 Å². The van der Waals surface area contributed by atoms with E-state index in [0.29, 0.717) is 6.04 Å². The number of hydrogen-bond acceptors (Lipinski definition) is 2. The lowest BCUT2D eigenvalue weighted by molar-refractivity contribution is 0.327. The largest absolute Gasteiger partial charge is 0.326 e. The third kappa shape index (κ3) is 3.35. The molecule has 0 spiro atoms. The van der Waals surface area contributed by atoms with Gasteiger partial charge in [0.05, 0.1) is 0 Å². The van der Waals surface area contributed by atoms with Crippen molar-refractivity contribution in [2.45, 2.75) is 19.0 Å². The molecule has 0 bridgehead atoms. The van der Waals surface area contributed by atoms with Crippen molar-refractivity contribution in [2.24, 2.45) is 5.73 Å². The third-order valence-electron chi connectivity index (χ3n) is 2.66. The van der Waals surface area contributed by atoms with Crippen molar-refractivity contribution in [2.75, 3.05) is 13.1 Å². The highest BCUT2D eigenvalue weighted by Crippen LogP contribution is 2.19. The normalized spacial score (nSPS) is 21.3. The van der Waals surface area contributed by atoms with Crippen LogP contribution in [0, 0.1) is 0 Å². The van der Waals surface area contributed by atoms with Gasteiger partial charge in [-0.1, -0.05) is 29.8 Å². The molecule has 1 atom stereocenters. The molecule has 1 heterocycles. The molecule has 84 valence electrons. The highest BCUT2D eigenvalue weighted by Gasteiger charge is 2.19. The predicted molar refractivity (Wildman–Crippen MR) is 66.6 cm³/mol. The van der Waals surface area contributed by atoms with E-state index in [9.17, 15) is 0 Å². The molecule has 1 aliphatic rings. The molecule has 1 fully saturated rings. The Morgan fingerprint density at radius 3 is 2.73 bits per heavy atom. The molecule has 0 aromatic heterocycles. The summed E-state index contributed by atoms with van der Waals surface area (Å²) in [5, 5.41) is 0.855. The van der Waals surface area contributed by atoms with Gasteiger partial charge in [-0.2, -0.15) is 0 Å². The van der Waals surface area contributed by atoms with E-state index in [1.165, 1.54) is 5.56 Å². The number of nitrogens with zero attached hydrogens (tertiary/aromatic N) is 1. The minimum absolute atomic E-state index is 0. The van der Waals surface area contributed by atoms with E-state index >= 15 is 0 Å². The second-order valence-corrected chi connectivity index (χ2v) is 4.28. The minimum atomic E-state index is 0. The van der Waals surface area contributed by atoms with Crippen LogP contribution >= 0.6 is 24.0 Å². The van der Waals surface area contributed by atoms with Crippen LogP contribution in [0.1, 0.15) is 12.0 Å². The Hall–Kier alpha value is -0.280. The molecular weight excluding hydrogens is 231 g/mol. The molecule has 1 aromatic carbocycles. The molecular formula is C11H16Cl2N2. The molecule has 2 nitrogen and oxygen atoms in total. The molecule has 0 radical (unpaired) electrons. The van der Waals surface area contributed by atoms with Crippen molar-refractivity contribution in [3.05, 3.63) is 34.9 Å². The molecule has 0 aliphatic carbocycles. The lowest BCUT2D eigenvalue weighted by atomic mass is 10.2. The number of benzene rings is 1. The third-order valence-corrected chi connectivity index (χ3v) is 3.03. The van der Waals surface area contributed by atoms with E-state index in [4.69, 9.17) is 17.3 Å². The molecule has 4 heteroatoms. The van der Waals surface area contributed by atoms with Gasteiger partial charge in [0.15, 0.2) is 0 Å². The lowest BCUT2D eigenvalue weighted by Crippen LogP contribution is -2.26. The summed E-state index contributed by atoms with van der Waals surface area (Å²) in [5.74, 6) is 0. The maximum absolute atomic E-state index is 6.08. The maximum atomic E-state index is 6.08. The first-order valence-electron chi connectivity index (χ1n) is 4.97. The Morgan fingerprint density at radius 1 is 1.40 bits per heavy atom. The fourth-order valence-electron chi connectivity index (χ4n) is 1.87. The van der Waals surface area contributed by atoms with Crippen LogP contribution in [0.25, 0.3) is 0 Å².